The summed E-state index contributed by atoms with van der Waals surface area (Å²) in [5.41, 5.74) is 0.914. The Kier molecular flexibility index (Phi) is 6.10. The van der Waals surface area contributed by atoms with Crippen LogP contribution in [0.2, 0.25) is 0 Å². The van der Waals surface area contributed by atoms with Crippen LogP contribution in [0.4, 0.5) is 17.1 Å². The van der Waals surface area contributed by atoms with E-state index in [9.17, 15) is 24.5 Å². The van der Waals surface area contributed by atoms with Gasteiger partial charge in [-0.25, -0.2) is 4.79 Å². The van der Waals surface area contributed by atoms with Gasteiger partial charge in [0.2, 0.25) is 0 Å². The first-order chi connectivity index (χ1) is 14.2. The first kappa shape index (κ1) is 21.0. The number of anilines is 2. The summed E-state index contributed by atoms with van der Waals surface area (Å²) in [5, 5.41) is 17.0. The van der Waals surface area contributed by atoms with Gasteiger partial charge in [-0.1, -0.05) is 12.1 Å². The fraction of sp³-hybridized carbons (Fsp3) is 0.286. The summed E-state index contributed by atoms with van der Waals surface area (Å²) in [4.78, 5) is 46.9. The number of hydrogen-bond donors (Lipinski definition) is 2. The largest absolute Gasteiger partial charge is 0.449 e. The summed E-state index contributed by atoms with van der Waals surface area (Å²) in [6.45, 7) is 2.80. The van der Waals surface area contributed by atoms with Crippen LogP contribution < -0.4 is 10.6 Å². The van der Waals surface area contributed by atoms with Crippen molar-refractivity contribution in [2.45, 2.75) is 38.8 Å². The zero-order chi connectivity index (χ0) is 21.8. The van der Waals surface area contributed by atoms with E-state index in [0.29, 0.717) is 16.9 Å². The Labute approximate surface area is 172 Å². The minimum atomic E-state index is -1.15. The lowest BCUT2D eigenvalue weighted by molar-refractivity contribution is -0.384. The Morgan fingerprint density at radius 1 is 1.13 bits per heavy atom. The summed E-state index contributed by atoms with van der Waals surface area (Å²) in [7, 11) is 0. The number of amides is 1. The molecular weight excluding hydrogens is 390 g/mol. The topological polar surface area (TPSA) is 128 Å². The number of nitrogens with zero attached hydrogens (tertiary/aromatic N) is 1. The van der Waals surface area contributed by atoms with Gasteiger partial charge in [-0.15, -0.1) is 0 Å². The molecule has 2 aromatic rings. The normalized spacial score (nSPS) is 13.8. The molecule has 9 heteroatoms. The van der Waals surface area contributed by atoms with E-state index in [1.807, 2.05) is 0 Å². The summed E-state index contributed by atoms with van der Waals surface area (Å²) >= 11 is 0. The second-order valence-electron chi connectivity index (χ2n) is 7.08. The van der Waals surface area contributed by atoms with Gasteiger partial charge in [-0.05, 0) is 51.0 Å². The van der Waals surface area contributed by atoms with Gasteiger partial charge in [0.05, 0.1) is 10.5 Å². The number of ketones is 1. The molecule has 3 rings (SSSR count). The fourth-order valence-corrected chi connectivity index (χ4v) is 2.72. The molecule has 156 valence electrons. The van der Waals surface area contributed by atoms with Crippen LogP contribution in [0.3, 0.4) is 0 Å². The van der Waals surface area contributed by atoms with Crippen molar-refractivity contribution in [3.8, 4) is 0 Å². The molecule has 0 aliphatic heterocycles. The number of carbonyl (C=O) groups excluding carboxylic acids is 3. The predicted octanol–water partition coefficient (Wildman–Crippen LogP) is 3.56. The minimum absolute atomic E-state index is 0.0266. The quantitative estimate of drug-likeness (QED) is 0.294. The maximum Gasteiger partial charge on any atom is 0.339 e. The molecule has 0 heterocycles. The molecule has 1 saturated carbocycles. The highest BCUT2D eigenvalue weighted by atomic mass is 16.6. The van der Waals surface area contributed by atoms with Crippen molar-refractivity contribution in [1.82, 2.24) is 0 Å². The van der Waals surface area contributed by atoms with Crippen LogP contribution in [0.25, 0.3) is 0 Å². The number of esters is 1. The molecule has 1 aliphatic rings. The first-order valence-corrected chi connectivity index (χ1v) is 9.42. The van der Waals surface area contributed by atoms with Crippen LogP contribution in [-0.2, 0) is 9.53 Å². The van der Waals surface area contributed by atoms with Crippen LogP contribution in [-0.4, -0.2) is 34.7 Å². The summed E-state index contributed by atoms with van der Waals surface area (Å²) in [6.07, 6.45) is 0.744. The molecule has 30 heavy (non-hydrogen) atoms. The van der Waals surface area contributed by atoms with Crippen molar-refractivity contribution in [2.24, 2.45) is 0 Å². The van der Waals surface area contributed by atoms with Gasteiger partial charge in [0.1, 0.15) is 5.69 Å². The van der Waals surface area contributed by atoms with Gasteiger partial charge in [0.15, 0.2) is 11.9 Å². The first-order valence-electron chi connectivity index (χ1n) is 9.42. The van der Waals surface area contributed by atoms with Crippen molar-refractivity contribution in [1.29, 1.82) is 0 Å². The van der Waals surface area contributed by atoms with E-state index in [1.54, 1.807) is 18.2 Å². The van der Waals surface area contributed by atoms with E-state index < -0.39 is 22.9 Å². The Hall–Kier alpha value is -3.75. The molecule has 0 aromatic heterocycles. The average Bonchev–Trinajstić information content (AvgIpc) is 3.52. The van der Waals surface area contributed by atoms with Crippen LogP contribution in [0.15, 0.2) is 42.5 Å². The van der Waals surface area contributed by atoms with Crippen molar-refractivity contribution >= 4 is 34.7 Å². The van der Waals surface area contributed by atoms with Gasteiger partial charge in [0.25, 0.3) is 11.6 Å². The third-order valence-corrected chi connectivity index (χ3v) is 4.56. The van der Waals surface area contributed by atoms with Gasteiger partial charge in [-0.3, -0.25) is 19.7 Å². The summed E-state index contributed by atoms with van der Waals surface area (Å²) in [6, 6.07) is 10.6. The van der Waals surface area contributed by atoms with Crippen molar-refractivity contribution in [3.63, 3.8) is 0 Å². The van der Waals surface area contributed by atoms with E-state index in [1.165, 1.54) is 32.0 Å². The molecule has 1 fully saturated rings. The number of nitrogens with one attached hydrogen (secondary N) is 2. The Morgan fingerprint density at radius 2 is 1.87 bits per heavy atom. The van der Waals surface area contributed by atoms with Gasteiger partial charge in [0, 0.05) is 23.4 Å². The number of carbonyl (C=O) groups is 3. The van der Waals surface area contributed by atoms with Crippen molar-refractivity contribution < 1.29 is 24.0 Å². The monoisotopic (exact) mass is 411 g/mol. The van der Waals surface area contributed by atoms with Gasteiger partial charge in [-0.2, -0.15) is 0 Å². The number of benzene rings is 2. The molecule has 0 spiro atoms. The third kappa shape index (κ3) is 5.19. The average molecular weight is 411 g/mol. The van der Waals surface area contributed by atoms with E-state index in [-0.39, 0.29) is 23.1 Å². The lowest BCUT2D eigenvalue weighted by Gasteiger charge is -2.14. The maximum atomic E-state index is 12.4. The lowest BCUT2D eigenvalue weighted by Crippen LogP contribution is -2.30. The van der Waals surface area contributed by atoms with Crippen LogP contribution in [0.5, 0.6) is 0 Å². The van der Waals surface area contributed by atoms with Gasteiger partial charge < -0.3 is 15.4 Å². The highest BCUT2D eigenvalue weighted by molar-refractivity contribution is 5.99. The molecule has 9 nitrogen and oxygen atoms in total. The lowest BCUT2D eigenvalue weighted by atomic mass is 10.1. The van der Waals surface area contributed by atoms with E-state index in [0.717, 1.165) is 18.9 Å². The highest BCUT2D eigenvalue weighted by Gasteiger charge is 2.26. The smallest absolute Gasteiger partial charge is 0.339 e. The van der Waals surface area contributed by atoms with Gasteiger partial charge >= 0.3 is 5.97 Å². The second-order valence-corrected chi connectivity index (χ2v) is 7.08. The predicted molar refractivity (Wildman–Crippen MR) is 110 cm³/mol. The van der Waals surface area contributed by atoms with Crippen LogP contribution in [0.1, 0.15) is 47.4 Å². The van der Waals surface area contributed by atoms with E-state index >= 15 is 0 Å². The summed E-state index contributed by atoms with van der Waals surface area (Å²) < 4.78 is 5.16. The van der Waals surface area contributed by atoms with Crippen LogP contribution >= 0.6 is 0 Å². The molecule has 2 aromatic carbocycles. The molecule has 0 unspecified atom stereocenters. The highest BCUT2D eigenvalue weighted by Crippen LogP contribution is 2.31. The number of nitro groups is 1. The number of rotatable bonds is 8. The number of hydrogen-bond acceptors (Lipinski definition) is 7. The molecule has 0 bridgehead atoms. The molecule has 1 aliphatic carbocycles. The van der Waals surface area contributed by atoms with E-state index in [2.05, 4.69) is 10.6 Å². The molecule has 0 radical (unpaired) electrons. The SMILES string of the molecule is CC(=O)c1cccc(NC(=O)[C@H](C)OC(=O)c2ccc(NC3CC3)c([N+](=O)[O-])c2)c1. The molecule has 1 amide bonds. The molecule has 1 atom stereocenters. The number of ether oxygens (including phenoxy) is 1. The standard InChI is InChI=1S/C21H21N3O6/c1-12(25)14-4-3-5-17(10-14)23-20(26)13(2)30-21(27)15-6-9-18(22-16-7-8-16)19(11-15)24(28)29/h3-6,9-11,13,16,22H,7-8H2,1-2H3,(H,23,26)/t13-/m0/s1. The zero-order valence-electron chi connectivity index (χ0n) is 16.5. The molecule has 0 saturated heterocycles. The Balaban J connectivity index is 1.66. The zero-order valence-corrected chi connectivity index (χ0v) is 16.5. The molecule has 2 N–H and O–H groups in total. The second kappa shape index (κ2) is 8.73. The maximum absolute atomic E-state index is 12.4. The van der Waals surface area contributed by atoms with E-state index in [4.69, 9.17) is 4.74 Å². The third-order valence-electron chi connectivity index (χ3n) is 4.56. The summed E-state index contributed by atoms with van der Waals surface area (Å²) in [5.74, 6) is -1.59. The molecular formula is C21H21N3O6. The number of nitro benzene ring substituents is 1. The Morgan fingerprint density at radius 3 is 2.50 bits per heavy atom. The van der Waals surface area contributed by atoms with Crippen molar-refractivity contribution in [2.75, 3.05) is 10.6 Å². The fourth-order valence-electron chi connectivity index (χ4n) is 2.72. The minimum Gasteiger partial charge on any atom is -0.449 e. The van der Waals surface area contributed by atoms with Crippen molar-refractivity contribution in [3.05, 3.63) is 63.7 Å². The number of Topliss-reactive ketones (excluding diaryl/α,β-unsaturated/α-hetero) is 1. The van der Waals surface area contributed by atoms with Crippen LogP contribution in [0, 0.1) is 10.1 Å². The Bertz CT molecular complexity index is 1020.